The third kappa shape index (κ3) is 3.44. The highest BCUT2D eigenvalue weighted by Gasteiger charge is 2.31. The standard InChI is InChI=1S/C12H18N2OS.ClH/c1-9-5-10(7-13)8-14(9)12(15)6-11-3-2-4-16-11;/h2-4,9-10H,5-8,13H2,1H3;1H. The molecule has 2 N–H and O–H groups in total. The maximum Gasteiger partial charge on any atom is 0.228 e. The lowest BCUT2D eigenvalue weighted by Crippen LogP contribution is -2.35. The van der Waals surface area contributed by atoms with E-state index in [9.17, 15) is 4.79 Å². The number of hydrogen-bond donors (Lipinski definition) is 1. The first-order valence-electron chi connectivity index (χ1n) is 5.72. The molecule has 2 rings (SSSR count). The number of rotatable bonds is 3. The van der Waals surface area contributed by atoms with Crippen LogP contribution in [0.3, 0.4) is 0 Å². The fraction of sp³-hybridized carbons (Fsp3) is 0.583. The second kappa shape index (κ2) is 6.38. The number of nitrogens with zero attached hydrogens (tertiary/aromatic N) is 1. The Morgan fingerprint density at radius 3 is 2.94 bits per heavy atom. The molecule has 0 saturated carbocycles. The summed E-state index contributed by atoms with van der Waals surface area (Å²) in [5.74, 6) is 0.730. The monoisotopic (exact) mass is 274 g/mol. The Balaban J connectivity index is 0.00000144. The molecule has 2 atom stereocenters. The fourth-order valence-corrected chi connectivity index (χ4v) is 3.02. The molecule has 1 saturated heterocycles. The van der Waals surface area contributed by atoms with Crippen molar-refractivity contribution >= 4 is 29.7 Å². The summed E-state index contributed by atoms with van der Waals surface area (Å²) in [5, 5.41) is 2.01. The van der Waals surface area contributed by atoms with E-state index in [1.807, 2.05) is 22.4 Å². The van der Waals surface area contributed by atoms with Crippen LogP contribution >= 0.6 is 23.7 Å². The number of carbonyl (C=O) groups is 1. The lowest BCUT2D eigenvalue weighted by atomic mass is 10.1. The maximum absolute atomic E-state index is 12.1. The van der Waals surface area contributed by atoms with E-state index in [1.165, 1.54) is 0 Å². The molecule has 0 aliphatic carbocycles. The summed E-state index contributed by atoms with van der Waals surface area (Å²) >= 11 is 1.65. The first-order chi connectivity index (χ1) is 7.70. The van der Waals surface area contributed by atoms with Gasteiger partial charge in [-0.1, -0.05) is 6.07 Å². The number of carbonyl (C=O) groups excluding carboxylic acids is 1. The Morgan fingerprint density at radius 2 is 2.41 bits per heavy atom. The van der Waals surface area contributed by atoms with E-state index in [0.29, 0.717) is 24.9 Å². The Hall–Kier alpha value is -0.580. The van der Waals surface area contributed by atoms with Gasteiger partial charge in [-0.3, -0.25) is 4.79 Å². The third-order valence-corrected chi connectivity index (χ3v) is 4.10. The normalized spacial score (nSPS) is 23.5. The van der Waals surface area contributed by atoms with Gasteiger partial charge in [0.15, 0.2) is 0 Å². The Labute approximate surface area is 112 Å². The lowest BCUT2D eigenvalue weighted by Gasteiger charge is -2.21. The molecule has 2 unspecified atom stereocenters. The van der Waals surface area contributed by atoms with Crippen molar-refractivity contribution in [1.82, 2.24) is 4.90 Å². The van der Waals surface area contributed by atoms with Crippen molar-refractivity contribution in [1.29, 1.82) is 0 Å². The predicted molar refractivity (Wildman–Crippen MR) is 73.6 cm³/mol. The zero-order valence-electron chi connectivity index (χ0n) is 9.96. The number of hydrogen-bond acceptors (Lipinski definition) is 3. The van der Waals surface area contributed by atoms with E-state index in [0.717, 1.165) is 17.8 Å². The Kier molecular flexibility index (Phi) is 5.43. The minimum atomic E-state index is 0. The van der Waals surface area contributed by atoms with Crippen LogP contribution in [0.25, 0.3) is 0 Å². The zero-order chi connectivity index (χ0) is 11.5. The van der Waals surface area contributed by atoms with E-state index < -0.39 is 0 Å². The predicted octanol–water partition coefficient (Wildman–Crippen LogP) is 1.91. The quantitative estimate of drug-likeness (QED) is 0.915. The van der Waals surface area contributed by atoms with Crippen molar-refractivity contribution in [2.75, 3.05) is 13.1 Å². The number of amides is 1. The van der Waals surface area contributed by atoms with Crippen molar-refractivity contribution in [3.05, 3.63) is 22.4 Å². The molecule has 17 heavy (non-hydrogen) atoms. The highest BCUT2D eigenvalue weighted by atomic mass is 35.5. The van der Waals surface area contributed by atoms with Gasteiger partial charge < -0.3 is 10.6 Å². The fourth-order valence-electron chi connectivity index (χ4n) is 2.32. The second-order valence-electron chi connectivity index (χ2n) is 4.49. The Bertz CT molecular complexity index is 355. The summed E-state index contributed by atoms with van der Waals surface area (Å²) in [4.78, 5) is 15.2. The van der Waals surface area contributed by atoms with Crippen molar-refractivity contribution < 1.29 is 4.79 Å². The Morgan fingerprint density at radius 1 is 1.65 bits per heavy atom. The molecule has 5 heteroatoms. The molecule has 1 amide bonds. The first-order valence-corrected chi connectivity index (χ1v) is 6.60. The molecule has 1 aliphatic rings. The van der Waals surface area contributed by atoms with Gasteiger partial charge >= 0.3 is 0 Å². The molecule has 0 spiro atoms. The summed E-state index contributed by atoms with van der Waals surface area (Å²) in [6.07, 6.45) is 1.59. The van der Waals surface area contributed by atoms with Gasteiger partial charge in [0, 0.05) is 17.5 Å². The van der Waals surface area contributed by atoms with Crippen molar-refractivity contribution in [2.45, 2.75) is 25.8 Å². The van der Waals surface area contributed by atoms with Gasteiger partial charge in [-0.05, 0) is 37.3 Å². The van der Waals surface area contributed by atoms with Crippen LogP contribution in [0, 0.1) is 5.92 Å². The number of likely N-dealkylation sites (tertiary alicyclic amines) is 1. The summed E-state index contributed by atoms with van der Waals surface area (Å²) < 4.78 is 0. The van der Waals surface area contributed by atoms with Gasteiger partial charge in [-0.25, -0.2) is 0 Å². The van der Waals surface area contributed by atoms with Crippen LogP contribution < -0.4 is 5.73 Å². The van der Waals surface area contributed by atoms with Crippen LogP contribution in [0.5, 0.6) is 0 Å². The van der Waals surface area contributed by atoms with E-state index in [1.54, 1.807) is 11.3 Å². The SMILES string of the molecule is CC1CC(CN)CN1C(=O)Cc1cccs1.Cl. The summed E-state index contributed by atoms with van der Waals surface area (Å²) in [6.45, 7) is 3.64. The molecule has 0 bridgehead atoms. The highest BCUT2D eigenvalue weighted by molar-refractivity contribution is 7.10. The van der Waals surface area contributed by atoms with Crippen molar-refractivity contribution in [3.63, 3.8) is 0 Å². The first kappa shape index (κ1) is 14.5. The molecule has 1 fully saturated rings. The topological polar surface area (TPSA) is 46.3 Å². The molecule has 3 nitrogen and oxygen atoms in total. The molecular weight excluding hydrogens is 256 g/mol. The van der Waals surface area contributed by atoms with Gasteiger partial charge in [0.2, 0.25) is 5.91 Å². The second-order valence-corrected chi connectivity index (χ2v) is 5.52. The molecule has 96 valence electrons. The van der Waals surface area contributed by atoms with Crippen LogP contribution in [0.4, 0.5) is 0 Å². The zero-order valence-corrected chi connectivity index (χ0v) is 11.6. The summed E-state index contributed by atoms with van der Waals surface area (Å²) in [7, 11) is 0. The largest absolute Gasteiger partial charge is 0.339 e. The number of nitrogens with two attached hydrogens (primary N) is 1. The molecule has 1 aromatic rings. The van der Waals surface area contributed by atoms with E-state index in [2.05, 4.69) is 6.92 Å². The van der Waals surface area contributed by atoms with E-state index in [-0.39, 0.29) is 18.3 Å². The highest BCUT2D eigenvalue weighted by Crippen LogP contribution is 2.23. The van der Waals surface area contributed by atoms with Crippen LogP contribution in [0.1, 0.15) is 18.2 Å². The van der Waals surface area contributed by atoms with Gasteiger partial charge in [0.05, 0.1) is 6.42 Å². The van der Waals surface area contributed by atoms with Gasteiger partial charge in [0.1, 0.15) is 0 Å². The minimum Gasteiger partial charge on any atom is -0.339 e. The maximum atomic E-state index is 12.1. The van der Waals surface area contributed by atoms with E-state index >= 15 is 0 Å². The van der Waals surface area contributed by atoms with Crippen molar-refractivity contribution in [2.24, 2.45) is 11.7 Å². The lowest BCUT2D eigenvalue weighted by molar-refractivity contribution is -0.131. The van der Waals surface area contributed by atoms with E-state index in [4.69, 9.17) is 5.73 Å². The average Bonchev–Trinajstić information content (AvgIpc) is 2.87. The van der Waals surface area contributed by atoms with Crippen LogP contribution in [-0.4, -0.2) is 29.9 Å². The molecule has 2 heterocycles. The molecule has 0 radical (unpaired) electrons. The van der Waals surface area contributed by atoms with Gasteiger partial charge in [-0.2, -0.15) is 0 Å². The third-order valence-electron chi connectivity index (χ3n) is 3.22. The average molecular weight is 275 g/mol. The minimum absolute atomic E-state index is 0. The molecule has 0 aromatic carbocycles. The molecule has 1 aliphatic heterocycles. The molecular formula is C12H19ClN2OS. The summed E-state index contributed by atoms with van der Waals surface area (Å²) in [6, 6.07) is 4.36. The van der Waals surface area contributed by atoms with Crippen molar-refractivity contribution in [3.8, 4) is 0 Å². The molecule has 1 aromatic heterocycles. The van der Waals surface area contributed by atoms with Gasteiger partial charge in [-0.15, -0.1) is 23.7 Å². The summed E-state index contributed by atoms with van der Waals surface area (Å²) in [5.41, 5.74) is 5.66. The van der Waals surface area contributed by atoms with Crippen LogP contribution in [-0.2, 0) is 11.2 Å². The smallest absolute Gasteiger partial charge is 0.228 e. The van der Waals surface area contributed by atoms with Crippen LogP contribution in [0.2, 0.25) is 0 Å². The number of thiophene rings is 1. The van der Waals surface area contributed by atoms with Gasteiger partial charge in [0.25, 0.3) is 0 Å². The number of halogens is 1. The van der Waals surface area contributed by atoms with Crippen LogP contribution in [0.15, 0.2) is 17.5 Å².